The number of Topliss-reactive ketones (excluding diaryl/α,β-unsaturated/α-hetero) is 1. The van der Waals surface area contributed by atoms with E-state index in [0.717, 1.165) is 10.1 Å². The Labute approximate surface area is 166 Å². The smallest absolute Gasteiger partial charge is 0.175 e. The molecule has 8 heteroatoms. The van der Waals surface area contributed by atoms with Crippen LogP contribution in [0.3, 0.4) is 0 Å². The Morgan fingerprint density at radius 1 is 1.23 bits per heavy atom. The van der Waals surface area contributed by atoms with Crippen molar-refractivity contribution >= 4 is 46.4 Å². The van der Waals surface area contributed by atoms with Gasteiger partial charge < -0.3 is 5.41 Å². The van der Waals surface area contributed by atoms with E-state index < -0.39 is 5.92 Å². The van der Waals surface area contributed by atoms with Gasteiger partial charge in [0, 0.05) is 11.5 Å². The molecule has 0 aliphatic carbocycles. The van der Waals surface area contributed by atoms with Gasteiger partial charge in [-0.25, -0.2) is 0 Å². The summed E-state index contributed by atoms with van der Waals surface area (Å²) in [5.74, 6) is 0.252. The number of rotatable bonds is 9. The maximum atomic E-state index is 11.9. The minimum Gasteiger partial charge on any atom is -0.308 e. The van der Waals surface area contributed by atoms with Crippen molar-refractivity contribution < 1.29 is 4.79 Å². The lowest BCUT2D eigenvalue weighted by Gasteiger charge is -2.06. The first-order valence-electron chi connectivity index (χ1n) is 8.06. The number of carbonyl (C=O) groups excluding carboxylic acids is 1. The van der Waals surface area contributed by atoms with Crippen LogP contribution in [0.1, 0.15) is 37.8 Å². The molecule has 5 nitrogen and oxygen atoms in total. The molecule has 1 atom stereocenters. The predicted molar refractivity (Wildman–Crippen MR) is 108 cm³/mol. The maximum Gasteiger partial charge on any atom is 0.175 e. The molecule has 26 heavy (non-hydrogen) atoms. The van der Waals surface area contributed by atoms with E-state index >= 15 is 0 Å². The van der Waals surface area contributed by atoms with Gasteiger partial charge in [0.1, 0.15) is 5.92 Å². The number of ketones is 1. The van der Waals surface area contributed by atoms with Crippen LogP contribution in [0, 0.1) is 22.7 Å². The van der Waals surface area contributed by atoms with Gasteiger partial charge in [-0.05, 0) is 24.0 Å². The summed E-state index contributed by atoms with van der Waals surface area (Å²) in [7, 11) is 0. The number of hydrogen-bond acceptors (Lipinski definition) is 8. The average molecular weight is 405 g/mol. The van der Waals surface area contributed by atoms with Crippen LogP contribution in [-0.2, 0) is 10.5 Å². The number of thioether (sulfide) groups is 2. The molecular formula is C18H20N4OS3. The molecule has 2 rings (SSSR count). The number of hydrogen-bond donors (Lipinski definition) is 1. The Bertz CT molecular complexity index is 809. The van der Waals surface area contributed by atoms with Gasteiger partial charge in [-0.3, -0.25) is 4.79 Å². The van der Waals surface area contributed by atoms with Crippen LogP contribution >= 0.6 is 34.9 Å². The zero-order valence-corrected chi connectivity index (χ0v) is 17.3. The summed E-state index contributed by atoms with van der Waals surface area (Å²) >= 11 is 4.34. The highest BCUT2D eigenvalue weighted by Crippen LogP contribution is 2.31. The molecule has 136 valence electrons. The summed E-state index contributed by atoms with van der Waals surface area (Å²) in [4.78, 5) is 11.9. The maximum absolute atomic E-state index is 11.9. The van der Waals surface area contributed by atoms with Gasteiger partial charge in [0.05, 0.1) is 11.8 Å². The second-order valence-corrected chi connectivity index (χ2v) is 9.44. The standard InChI is InChI=1S/C18H20N4OS3/c1-11(2)14-6-4-13(5-7-14)9-24-17-21-22-18(26-17)25-10-16(23)15(8-19)12(3)20/h4-7,11,15,20H,9-10H2,1-3H3/t15-/m0/s1. The summed E-state index contributed by atoms with van der Waals surface area (Å²) in [6.07, 6.45) is 0. The van der Waals surface area contributed by atoms with E-state index in [4.69, 9.17) is 10.7 Å². The van der Waals surface area contributed by atoms with Crippen molar-refractivity contribution in [1.82, 2.24) is 10.2 Å². The lowest BCUT2D eigenvalue weighted by atomic mass is 10.0. The second kappa shape index (κ2) is 9.86. The van der Waals surface area contributed by atoms with Gasteiger partial charge in [0.25, 0.3) is 0 Å². The summed E-state index contributed by atoms with van der Waals surface area (Å²) in [5, 5.41) is 24.6. The van der Waals surface area contributed by atoms with E-state index in [1.165, 1.54) is 41.1 Å². The van der Waals surface area contributed by atoms with Crippen molar-refractivity contribution in [3.05, 3.63) is 35.4 Å². The van der Waals surface area contributed by atoms with Crippen molar-refractivity contribution in [2.45, 2.75) is 41.1 Å². The van der Waals surface area contributed by atoms with Crippen molar-refractivity contribution in [3.63, 3.8) is 0 Å². The Kier molecular flexibility index (Phi) is 7.82. The molecule has 0 saturated carbocycles. The van der Waals surface area contributed by atoms with E-state index in [9.17, 15) is 4.79 Å². The highest BCUT2D eigenvalue weighted by Gasteiger charge is 2.20. The Balaban J connectivity index is 1.85. The highest BCUT2D eigenvalue weighted by atomic mass is 32.2. The first kappa shape index (κ1) is 20.6. The fourth-order valence-corrected chi connectivity index (χ4v) is 4.97. The monoisotopic (exact) mass is 404 g/mol. The molecule has 0 saturated heterocycles. The molecule has 0 spiro atoms. The van der Waals surface area contributed by atoms with E-state index in [0.29, 0.717) is 10.3 Å². The third-order valence-corrected chi connectivity index (χ3v) is 6.90. The molecule has 0 amide bonds. The third-order valence-electron chi connectivity index (χ3n) is 3.62. The molecule has 1 aromatic heterocycles. The van der Waals surface area contributed by atoms with Gasteiger partial charge in [0.15, 0.2) is 14.5 Å². The number of nitrogens with one attached hydrogen (secondary N) is 1. The molecule has 0 aliphatic rings. The highest BCUT2D eigenvalue weighted by molar-refractivity contribution is 8.03. The van der Waals surface area contributed by atoms with Crippen molar-refractivity contribution in [2.24, 2.45) is 5.92 Å². The minimum atomic E-state index is -0.960. The Hall–Kier alpha value is -1.69. The summed E-state index contributed by atoms with van der Waals surface area (Å²) in [6.45, 7) is 5.83. The topological polar surface area (TPSA) is 90.5 Å². The van der Waals surface area contributed by atoms with Gasteiger partial charge in [-0.2, -0.15) is 5.26 Å². The lowest BCUT2D eigenvalue weighted by molar-refractivity contribution is -0.117. The Morgan fingerprint density at radius 3 is 2.38 bits per heavy atom. The zero-order valence-electron chi connectivity index (χ0n) is 14.9. The SMILES string of the molecule is CC(=N)[C@H](C#N)C(=O)CSc1nnc(SCc2ccc(C(C)C)cc2)s1. The molecule has 0 unspecified atom stereocenters. The fourth-order valence-electron chi connectivity index (χ4n) is 2.08. The predicted octanol–water partition coefficient (Wildman–Crippen LogP) is 4.79. The van der Waals surface area contributed by atoms with E-state index in [2.05, 4.69) is 48.3 Å². The van der Waals surface area contributed by atoms with Crippen LogP contribution in [0.4, 0.5) is 0 Å². The first-order chi connectivity index (χ1) is 12.4. The summed E-state index contributed by atoms with van der Waals surface area (Å²) in [5.41, 5.74) is 2.64. The molecule has 2 aromatic rings. The normalized spacial score (nSPS) is 12.0. The number of nitriles is 1. The number of carbonyl (C=O) groups is 1. The molecule has 1 aromatic carbocycles. The fraction of sp³-hybridized carbons (Fsp3) is 0.389. The van der Waals surface area contributed by atoms with Gasteiger partial charge in [-0.1, -0.05) is 73.0 Å². The minimum absolute atomic E-state index is 0.0788. The van der Waals surface area contributed by atoms with E-state index in [-0.39, 0.29) is 17.2 Å². The quantitative estimate of drug-likeness (QED) is 0.477. The number of aromatic nitrogens is 2. The van der Waals surface area contributed by atoms with Crippen LogP contribution in [0.2, 0.25) is 0 Å². The number of benzene rings is 1. The molecule has 0 aliphatic heterocycles. The average Bonchev–Trinajstić information content (AvgIpc) is 3.06. The van der Waals surface area contributed by atoms with Crippen molar-refractivity contribution in [1.29, 1.82) is 10.7 Å². The van der Waals surface area contributed by atoms with Gasteiger partial charge in [0.2, 0.25) is 0 Å². The molecule has 1 N–H and O–H groups in total. The van der Waals surface area contributed by atoms with Crippen molar-refractivity contribution in [3.8, 4) is 6.07 Å². The number of nitrogens with zero attached hydrogens (tertiary/aromatic N) is 3. The zero-order chi connectivity index (χ0) is 19.1. The second-order valence-electron chi connectivity index (χ2n) is 6.02. The van der Waals surface area contributed by atoms with Gasteiger partial charge >= 0.3 is 0 Å². The van der Waals surface area contributed by atoms with E-state index in [1.807, 2.05) is 6.07 Å². The van der Waals surface area contributed by atoms with Crippen LogP contribution in [0.15, 0.2) is 32.9 Å². The van der Waals surface area contributed by atoms with E-state index in [1.54, 1.807) is 11.8 Å². The van der Waals surface area contributed by atoms with Crippen LogP contribution < -0.4 is 0 Å². The molecule has 0 radical (unpaired) electrons. The summed E-state index contributed by atoms with van der Waals surface area (Å²) < 4.78 is 1.56. The molecule has 0 bridgehead atoms. The molecule has 0 fully saturated rings. The lowest BCUT2D eigenvalue weighted by Crippen LogP contribution is -2.21. The van der Waals surface area contributed by atoms with Crippen LogP contribution in [0.5, 0.6) is 0 Å². The first-order valence-corrected chi connectivity index (χ1v) is 10.8. The third kappa shape index (κ3) is 5.94. The largest absolute Gasteiger partial charge is 0.308 e. The summed E-state index contributed by atoms with van der Waals surface area (Å²) in [6, 6.07) is 10.5. The van der Waals surface area contributed by atoms with Crippen LogP contribution in [0.25, 0.3) is 0 Å². The van der Waals surface area contributed by atoms with Crippen molar-refractivity contribution in [2.75, 3.05) is 5.75 Å². The van der Waals surface area contributed by atoms with Crippen LogP contribution in [-0.4, -0.2) is 27.4 Å². The molecular weight excluding hydrogens is 384 g/mol. The molecule has 1 heterocycles. The Morgan fingerprint density at radius 2 is 1.85 bits per heavy atom. The van der Waals surface area contributed by atoms with Gasteiger partial charge in [-0.15, -0.1) is 10.2 Å².